The molecule has 4 nitrogen and oxygen atoms in total. The average Bonchev–Trinajstić information content (AvgIpc) is 2.86. The van der Waals surface area contributed by atoms with Crippen molar-refractivity contribution in [3.05, 3.63) is 36.0 Å². The fourth-order valence-corrected chi connectivity index (χ4v) is 2.20. The average molecular weight is 288 g/mol. The second-order valence-corrected chi connectivity index (χ2v) is 5.68. The molecule has 0 aliphatic rings. The van der Waals surface area contributed by atoms with Gasteiger partial charge >= 0.3 is 0 Å². The van der Waals surface area contributed by atoms with E-state index in [9.17, 15) is 4.79 Å². The van der Waals surface area contributed by atoms with Crippen molar-refractivity contribution in [3.63, 3.8) is 0 Å². The minimum Gasteiger partial charge on any atom is -0.380 e. The zero-order chi connectivity index (χ0) is 15.1. The Morgan fingerprint density at radius 2 is 2.10 bits per heavy atom. The van der Waals surface area contributed by atoms with E-state index < -0.39 is 0 Å². The number of rotatable bonds is 8. The Morgan fingerprint density at radius 1 is 1.29 bits per heavy atom. The molecule has 2 N–H and O–H groups in total. The second kappa shape index (κ2) is 7.84. The van der Waals surface area contributed by atoms with E-state index in [4.69, 9.17) is 4.74 Å². The molecule has 1 heterocycles. The number of benzene rings is 1. The van der Waals surface area contributed by atoms with Crippen LogP contribution in [0.1, 0.15) is 25.8 Å². The number of nitrogens with one attached hydrogen (secondary N) is 2. The van der Waals surface area contributed by atoms with Crippen LogP contribution in [-0.4, -0.2) is 30.6 Å². The maximum atomic E-state index is 11.9. The molecule has 0 radical (unpaired) electrons. The van der Waals surface area contributed by atoms with E-state index in [-0.39, 0.29) is 5.91 Å². The van der Waals surface area contributed by atoms with Gasteiger partial charge in [0.1, 0.15) is 0 Å². The van der Waals surface area contributed by atoms with Gasteiger partial charge in [0.2, 0.25) is 5.91 Å². The van der Waals surface area contributed by atoms with Crippen molar-refractivity contribution >= 4 is 16.8 Å². The maximum absolute atomic E-state index is 11.9. The number of aromatic nitrogens is 1. The van der Waals surface area contributed by atoms with Crippen molar-refractivity contribution in [2.45, 2.75) is 26.7 Å². The molecule has 0 spiro atoms. The fraction of sp³-hybridized carbons (Fsp3) is 0.471. The number of carbonyl (C=O) groups is 1. The molecule has 1 aromatic heterocycles. The molecule has 0 aliphatic carbocycles. The largest absolute Gasteiger partial charge is 0.380 e. The third-order valence-corrected chi connectivity index (χ3v) is 3.43. The summed E-state index contributed by atoms with van der Waals surface area (Å²) in [7, 11) is 0. The summed E-state index contributed by atoms with van der Waals surface area (Å²) in [5, 5.41) is 4.01. The Hall–Kier alpha value is -1.81. The van der Waals surface area contributed by atoms with E-state index in [0.717, 1.165) is 29.5 Å². The monoisotopic (exact) mass is 288 g/mol. The van der Waals surface area contributed by atoms with Gasteiger partial charge in [-0.3, -0.25) is 4.79 Å². The summed E-state index contributed by atoms with van der Waals surface area (Å²) in [6.45, 7) is 6.25. The maximum Gasteiger partial charge on any atom is 0.224 e. The van der Waals surface area contributed by atoms with E-state index >= 15 is 0 Å². The third-order valence-electron chi connectivity index (χ3n) is 3.43. The van der Waals surface area contributed by atoms with Crippen LogP contribution in [0.3, 0.4) is 0 Å². The van der Waals surface area contributed by atoms with Crippen LogP contribution in [0, 0.1) is 5.92 Å². The molecular weight excluding hydrogens is 264 g/mol. The van der Waals surface area contributed by atoms with Crippen molar-refractivity contribution in [1.29, 1.82) is 0 Å². The van der Waals surface area contributed by atoms with Crippen LogP contribution < -0.4 is 5.32 Å². The highest BCUT2D eigenvalue weighted by Gasteiger charge is 2.07. The summed E-state index contributed by atoms with van der Waals surface area (Å²) in [5.74, 6) is 0.689. The van der Waals surface area contributed by atoms with Gasteiger partial charge in [-0.25, -0.2) is 0 Å². The van der Waals surface area contributed by atoms with Crippen molar-refractivity contribution in [1.82, 2.24) is 10.3 Å². The van der Waals surface area contributed by atoms with E-state index in [1.807, 2.05) is 30.5 Å². The standard InChI is InChI=1S/C17H24N2O2/c1-13(2)7-9-21-10-8-18-17(20)11-14-12-19-16-6-4-3-5-15(14)16/h3-6,12-13,19H,7-11H2,1-2H3,(H,18,20). The molecule has 0 atom stereocenters. The highest BCUT2D eigenvalue weighted by atomic mass is 16.5. The fourth-order valence-electron chi connectivity index (χ4n) is 2.20. The predicted molar refractivity (Wildman–Crippen MR) is 85.3 cm³/mol. The van der Waals surface area contributed by atoms with Crippen LogP contribution in [0.4, 0.5) is 0 Å². The van der Waals surface area contributed by atoms with E-state index in [1.54, 1.807) is 0 Å². The number of ether oxygens (including phenoxy) is 1. The van der Waals surface area contributed by atoms with Gasteiger partial charge in [0, 0.05) is 30.3 Å². The van der Waals surface area contributed by atoms with Gasteiger partial charge in [-0.2, -0.15) is 0 Å². The number of aromatic amines is 1. The van der Waals surface area contributed by atoms with Gasteiger partial charge in [0.05, 0.1) is 13.0 Å². The number of para-hydroxylation sites is 1. The molecule has 0 saturated heterocycles. The minimum atomic E-state index is 0.0345. The molecule has 0 unspecified atom stereocenters. The van der Waals surface area contributed by atoms with Gasteiger partial charge in [0.15, 0.2) is 0 Å². The summed E-state index contributed by atoms with van der Waals surface area (Å²) < 4.78 is 5.48. The lowest BCUT2D eigenvalue weighted by Gasteiger charge is -2.07. The molecule has 4 heteroatoms. The molecule has 0 saturated carbocycles. The van der Waals surface area contributed by atoms with Crippen LogP contribution in [0.15, 0.2) is 30.5 Å². The molecule has 0 aliphatic heterocycles. The number of hydrogen-bond donors (Lipinski definition) is 2. The highest BCUT2D eigenvalue weighted by molar-refractivity contribution is 5.88. The van der Waals surface area contributed by atoms with Gasteiger partial charge in [-0.15, -0.1) is 0 Å². The Morgan fingerprint density at radius 3 is 2.90 bits per heavy atom. The molecule has 21 heavy (non-hydrogen) atoms. The topological polar surface area (TPSA) is 54.1 Å². The Bertz CT molecular complexity index is 575. The molecular formula is C17H24N2O2. The molecule has 2 aromatic rings. The van der Waals surface area contributed by atoms with Crippen molar-refractivity contribution in [2.75, 3.05) is 19.8 Å². The van der Waals surface area contributed by atoms with Crippen molar-refractivity contribution in [2.24, 2.45) is 5.92 Å². The van der Waals surface area contributed by atoms with Gasteiger partial charge in [-0.1, -0.05) is 32.0 Å². The zero-order valence-corrected chi connectivity index (χ0v) is 12.8. The zero-order valence-electron chi connectivity index (χ0n) is 12.8. The quantitative estimate of drug-likeness (QED) is 0.734. The van der Waals surface area contributed by atoms with E-state index in [2.05, 4.69) is 24.1 Å². The number of carbonyl (C=O) groups excluding carboxylic acids is 1. The Balaban J connectivity index is 1.70. The Labute approximate surface area is 125 Å². The smallest absolute Gasteiger partial charge is 0.224 e. The highest BCUT2D eigenvalue weighted by Crippen LogP contribution is 2.17. The summed E-state index contributed by atoms with van der Waals surface area (Å²) in [5.41, 5.74) is 2.10. The van der Waals surface area contributed by atoms with Crippen LogP contribution in [0.5, 0.6) is 0 Å². The SMILES string of the molecule is CC(C)CCOCCNC(=O)Cc1c[nH]c2ccccc12. The first-order chi connectivity index (χ1) is 10.2. The van der Waals surface area contributed by atoms with E-state index in [0.29, 0.717) is 25.5 Å². The number of hydrogen-bond acceptors (Lipinski definition) is 2. The molecule has 114 valence electrons. The molecule has 1 aromatic carbocycles. The first kappa shape index (κ1) is 15.6. The number of amides is 1. The lowest BCUT2D eigenvalue weighted by molar-refractivity contribution is -0.120. The van der Waals surface area contributed by atoms with Crippen LogP contribution in [0.2, 0.25) is 0 Å². The van der Waals surface area contributed by atoms with Gasteiger partial charge in [-0.05, 0) is 24.0 Å². The minimum absolute atomic E-state index is 0.0345. The van der Waals surface area contributed by atoms with E-state index in [1.165, 1.54) is 0 Å². The summed E-state index contributed by atoms with van der Waals surface area (Å²) in [6.07, 6.45) is 3.36. The lowest BCUT2D eigenvalue weighted by Crippen LogP contribution is -2.28. The molecule has 0 fully saturated rings. The first-order valence-electron chi connectivity index (χ1n) is 7.56. The normalized spacial score (nSPS) is 11.2. The van der Waals surface area contributed by atoms with Gasteiger partial charge in [0.25, 0.3) is 0 Å². The van der Waals surface area contributed by atoms with Crippen LogP contribution in [-0.2, 0) is 16.0 Å². The third kappa shape index (κ3) is 4.90. The van der Waals surface area contributed by atoms with Crippen LogP contribution in [0.25, 0.3) is 10.9 Å². The summed E-state index contributed by atoms with van der Waals surface area (Å²) in [4.78, 5) is 15.1. The first-order valence-corrected chi connectivity index (χ1v) is 7.56. The number of fused-ring (bicyclic) bond motifs is 1. The molecule has 0 bridgehead atoms. The summed E-state index contributed by atoms with van der Waals surface area (Å²) in [6, 6.07) is 8.01. The molecule has 2 rings (SSSR count). The van der Waals surface area contributed by atoms with Crippen molar-refractivity contribution < 1.29 is 9.53 Å². The number of H-pyrrole nitrogens is 1. The predicted octanol–water partition coefficient (Wildman–Crippen LogP) is 2.89. The Kier molecular flexibility index (Phi) is 5.81. The van der Waals surface area contributed by atoms with Crippen molar-refractivity contribution in [3.8, 4) is 0 Å². The van der Waals surface area contributed by atoms with Gasteiger partial charge < -0.3 is 15.0 Å². The second-order valence-electron chi connectivity index (χ2n) is 5.68. The lowest BCUT2D eigenvalue weighted by atomic mass is 10.1. The summed E-state index contributed by atoms with van der Waals surface area (Å²) >= 11 is 0. The molecule has 1 amide bonds. The van der Waals surface area contributed by atoms with Crippen LogP contribution >= 0.6 is 0 Å².